The Kier molecular flexibility index (Phi) is 3.40. The molecule has 0 radical (unpaired) electrons. The summed E-state index contributed by atoms with van der Waals surface area (Å²) in [6.07, 6.45) is 6.20. The number of ketones is 1. The highest BCUT2D eigenvalue weighted by atomic mass is 79.9. The summed E-state index contributed by atoms with van der Waals surface area (Å²) in [6, 6.07) is 0. The van der Waals surface area contributed by atoms with Gasteiger partial charge in [0, 0.05) is 17.7 Å². The Bertz CT molecular complexity index is 122. The van der Waals surface area contributed by atoms with Crippen molar-refractivity contribution < 1.29 is 4.79 Å². The van der Waals surface area contributed by atoms with E-state index in [0.29, 0.717) is 10.6 Å². The molecule has 0 spiro atoms. The molecule has 1 aliphatic carbocycles. The summed E-state index contributed by atoms with van der Waals surface area (Å²) >= 11 is 3.55. The Hall–Kier alpha value is 0.150. The maximum absolute atomic E-state index is 11.0. The van der Waals surface area contributed by atoms with Gasteiger partial charge in [-0.3, -0.25) is 4.79 Å². The van der Waals surface area contributed by atoms with Crippen molar-refractivity contribution in [3.63, 3.8) is 0 Å². The lowest BCUT2D eigenvalue weighted by Gasteiger charge is -2.11. The minimum absolute atomic E-state index is 0.448. The van der Waals surface area contributed by atoms with E-state index in [0.717, 1.165) is 25.7 Å². The molecule has 0 aromatic rings. The third-order valence-electron chi connectivity index (χ3n) is 1.96. The number of carbonyl (C=O) groups excluding carboxylic acids is 1. The molecule has 1 atom stereocenters. The molecule has 0 N–H and O–H groups in total. The quantitative estimate of drug-likeness (QED) is 0.555. The van der Waals surface area contributed by atoms with E-state index >= 15 is 0 Å². The van der Waals surface area contributed by atoms with Gasteiger partial charge in [0.2, 0.25) is 0 Å². The van der Waals surface area contributed by atoms with Gasteiger partial charge >= 0.3 is 0 Å². The second-order valence-corrected chi connectivity index (χ2v) is 4.22. The molecule has 1 nitrogen and oxygen atoms in total. The average Bonchev–Trinajstić information content (AvgIpc) is 1.90. The third-order valence-corrected chi connectivity index (χ3v) is 2.88. The summed E-state index contributed by atoms with van der Waals surface area (Å²) in [5.74, 6) is 0.448. The lowest BCUT2D eigenvalue weighted by Crippen LogP contribution is -2.08. The van der Waals surface area contributed by atoms with E-state index in [1.54, 1.807) is 0 Å². The molecule has 0 amide bonds. The van der Waals surface area contributed by atoms with Crippen molar-refractivity contribution in [2.45, 2.75) is 43.4 Å². The fraction of sp³-hybridized carbons (Fsp3) is 0.875. The monoisotopic (exact) mass is 204 g/mol. The molecule has 10 heavy (non-hydrogen) atoms. The first-order valence-electron chi connectivity index (χ1n) is 3.95. The molecule has 0 bridgehead atoms. The Labute approximate surface area is 70.3 Å². The molecule has 1 fully saturated rings. The summed E-state index contributed by atoms with van der Waals surface area (Å²) < 4.78 is 0. The van der Waals surface area contributed by atoms with Gasteiger partial charge in [0.15, 0.2) is 0 Å². The molecule has 0 aromatic carbocycles. The van der Waals surface area contributed by atoms with Crippen LogP contribution in [0.25, 0.3) is 0 Å². The molecular weight excluding hydrogens is 192 g/mol. The largest absolute Gasteiger partial charge is 0.300 e. The summed E-state index contributed by atoms with van der Waals surface area (Å²) in [4.78, 5) is 11.6. The highest BCUT2D eigenvalue weighted by Gasteiger charge is 2.11. The zero-order valence-corrected chi connectivity index (χ0v) is 7.69. The van der Waals surface area contributed by atoms with Gasteiger partial charge in [-0.05, 0) is 19.3 Å². The van der Waals surface area contributed by atoms with Crippen LogP contribution in [-0.4, -0.2) is 10.6 Å². The summed E-state index contributed by atoms with van der Waals surface area (Å²) in [6.45, 7) is 0. The van der Waals surface area contributed by atoms with Gasteiger partial charge in [-0.1, -0.05) is 22.4 Å². The van der Waals surface area contributed by atoms with Crippen LogP contribution in [0.5, 0.6) is 0 Å². The minimum Gasteiger partial charge on any atom is -0.300 e. The molecule has 1 aliphatic rings. The van der Waals surface area contributed by atoms with Crippen molar-refractivity contribution in [1.29, 1.82) is 0 Å². The van der Waals surface area contributed by atoms with Crippen LogP contribution in [0.3, 0.4) is 0 Å². The molecule has 1 saturated carbocycles. The van der Waals surface area contributed by atoms with Gasteiger partial charge < -0.3 is 0 Å². The van der Waals surface area contributed by atoms with Gasteiger partial charge in [0.1, 0.15) is 5.78 Å². The summed E-state index contributed by atoms with van der Waals surface area (Å²) in [7, 11) is 0. The standard InChI is InChI=1S/C8H13BrO/c9-7-3-1-2-4-8(10)6-5-7/h7H,1-6H2. The minimum atomic E-state index is 0.448. The molecular formula is C8H13BrO. The molecule has 58 valence electrons. The van der Waals surface area contributed by atoms with Gasteiger partial charge in [-0.15, -0.1) is 0 Å². The van der Waals surface area contributed by atoms with Crippen LogP contribution in [-0.2, 0) is 4.79 Å². The van der Waals surface area contributed by atoms with Crippen LogP contribution in [0.2, 0.25) is 0 Å². The molecule has 0 heterocycles. The smallest absolute Gasteiger partial charge is 0.132 e. The first-order valence-corrected chi connectivity index (χ1v) is 4.86. The SMILES string of the molecule is O=C1CCCCC(Br)CC1. The Morgan fingerprint density at radius 3 is 2.80 bits per heavy atom. The van der Waals surface area contributed by atoms with E-state index in [1.807, 2.05) is 0 Å². The molecule has 1 unspecified atom stereocenters. The van der Waals surface area contributed by atoms with Crippen LogP contribution in [0.15, 0.2) is 0 Å². The molecule has 2 heteroatoms. The van der Waals surface area contributed by atoms with E-state index in [-0.39, 0.29) is 0 Å². The lowest BCUT2D eigenvalue weighted by molar-refractivity contribution is -0.119. The Morgan fingerprint density at radius 1 is 1.20 bits per heavy atom. The number of alkyl halides is 1. The van der Waals surface area contributed by atoms with Gasteiger partial charge in [-0.2, -0.15) is 0 Å². The second-order valence-electron chi connectivity index (χ2n) is 2.92. The topological polar surface area (TPSA) is 17.1 Å². The van der Waals surface area contributed by atoms with Crippen LogP contribution in [0.1, 0.15) is 38.5 Å². The van der Waals surface area contributed by atoms with Crippen molar-refractivity contribution in [3.8, 4) is 0 Å². The van der Waals surface area contributed by atoms with Crippen LogP contribution >= 0.6 is 15.9 Å². The van der Waals surface area contributed by atoms with E-state index < -0.39 is 0 Å². The molecule has 0 saturated heterocycles. The van der Waals surface area contributed by atoms with E-state index in [1.165, 1.54) is 12.8 Å². The number of rotatable bonds is 0. The van der Waals surface area contributed by atoms with Crippen molar-refractivity contribution in [2.24, 2.45) is 0 Å². The fourth-order valence-corrected chi connectivity index (χ4v) is 1.83. The van der Waals surface area contributed by atoms with Crippen molar-refractivity contribution in [2.75, 3.05) is 0 Å². The van der Waals surface area contributed by atoms with Gasteiger partial charge in [0.05, 0.1) is 0 Å². The van der Waals surface area contributed by atoms with E-state index in [9.17, 15) is 4.79 Å². The number of Topliss-reactive ketones (excluding diaryl/α,β-unsaturated/α-hetero) is 1. The zero-order valence-electron chi connectivity index (χ0n) is 6.11. The maximum atomic E-state index is 11.0. The Balaban J connectivity index is 2.29. The van der Waals surface area contributed by atoms with Gasteiger partial charge in [0.25, 0.3) is 0 Å². The molecule has 1 rings (SSSR count). The second kappa shape index (κ2) is 4.12. The normalized spacial score (nSPS) is 29.3. The number of hydrogen-bond acceptors (Lipinski definition) is 1. The first kappa shape index (κ1) is 8.25. The van der Waals surface area contributed by atoms with Crippen LogP contribution in [0.4, 0.5) is 0 Å². The molecule has 0 aromatic heterocycles. The number of carbonyl (C=O) groups is 1. The fourth-order valence-electron chi connectivity index (χ4n) is 1.27. The lowest BCUT2D eigenvalue weighted by atomic mass is 10.00. The third kappa shape index (κ3) is 2.82. The van der Waals surface area contributed by atoms with Crippen molar-refractivity contribution in [1.82, 2.24) is 0 Å². The van der Waals surface area contributed by atoms with Gasteiger partial charge in [-0.25, -0.2) is 0 Å². The highest BCUT2D eigenvalue weighted by Crippen LogP contribution is 2.20. The van der Waals surface area contributed by atoms with E-state index in [2.05, 4.69) is 15.9 Å². The maximum Gasteiger partial charge on any atom is 0.132 e. The first-order chi connectivity index (χ1) is 4.79. The number of hydrogen-bond donors (Lipinski definition) is 0. The van der Waals surface area contributed by atoms with Crippen LogP contribution in [0, 0.1) is 0 Å². The number of halogens is 1. The van der Waals surface area contributed by atoms with Crippen molar-refractivity contribution in [3.05, 3.63) is 0 Å². The predicted molar refractivity (Wildman–Crippen MR) is 45.4 cm³/mol. The van der Waals surface area contributed by atoms with E-state index in [4.69, 9.17) is 0 Å². The average molecular weight is 205 g/mol. The predicted octanol–water partition coefficient (Wildman–Crippen LogP) is 2.67. The van der Waals surface area contributed by atoms with Crippen LogP contribution < -0.4 is 0 Å². The zero-order chi connectivity index (χ0) is 7.40. The Morgan fingerprint density at radius 2 is 2.00 bits per heavy atom. The highest BCUT2D eigenvalue weighted by molar-refractivity contribution is 9.09. The molecule has 0 aliphatic heterocycles. The summed E-state index contributed by atoms with van der Waals surface area (Å²) in [5.41, 5.74) is 0. The summed E-state index contributed by atoms with van der Waals surface area (Å²) in [5, 5.41) is 0. The van der Waals surface area contributed by atoms with Crippen molar-refractivity contribution >= 4 is 21.7 Å².